The first-order valence-corrected chi connectivity index (χ1v) is 37.0. The van der Waals surface area contributed by atoms with E-state index < -0.39 is 69.0 Å². The molecule has 0 unspecified atom stereocenters. The van der Waals surface area contributed by atoms with E-state index in [1.165, 1.54) is 9.80 Å². The van der Waals surface area contributed by atoms with Crippen LogP contribution in [0.5, 0.6) is 0 Å². The zero-order chi connectivity index (χ0) is 42.8. The van der Waals surface area contributed by atoms with Gasteiger partial charge < -0.3 is 30.4 Å². The van der Waals surface area contributed by atoms with E-state index >= 15 is 0 Å². The maximum atomic E-state index is 14.0. The minimum Gasteiger partial charge on any atom is -0.394 e. The van der Waals surface area contributed by atoms with Crippen LogP contribution in [0.25, 0.3) is 0 Å². The van der Waals surface area contributed by atoms with Crippen molar-refractivity contribution in [1.82, 2.24) is 20.0 Å². The van der Waals surface area contributed by atoms with Crippen LogP contribution in [-0.4, -0.2) is 111 Å². The molecule has 2 amide bonds. The topological polar surface area (TPSA) is 117 Å². The number of aliphatic hydroxyl groups excluding tert-OH is 1. The standard InChI is InChI=1S/C23H25F3N2O3.C15H17F3N2O2.I3.I2.H2/c24-17-10-9-16(20(25)21(17)26)22(30)27-13-23(31,14-27)19-8-4-5-11-28(19)18(12-29)15-6-2-1-3-7-15;16-10-5-4-9(12(17)13(10)18)14(21)20-7-15(22,8-20)11-3-1-2-6-19-11;1-3-2;1-2;/h1-3,6-7,9-10,18-19,29,31H,4-5,8,11-14H2;4-5,11,19,22H,1-3,6-8H2;;;1H/q;;-1;;/t18-,19+;11-;;;/m10.../s1. The first-order valence-electron chi connectivity index (χ1n) is 18.2. The van der Waals surface area contributed by atoms with Crippen LogP contribution in [0.2, 0.25) is 0 Å². The average Bonchev–Trinajstić information content (AvgIpc) is 3.22. The number of benzene rings is 3. The first-order chi connectivity index (χ1) is 27.7. The molecule has 3 aromatic rings. The van der Waals surface area contributed by atoms with Crippen molar-refractivity contribution >= 4 is 86.3 Å². The molecule has 324 valence electrons. The van der Waals surface area contributed by atoms with Gasteiger partial charge >= 0.3 is 50.5 Å². The molecule has 4 fully saturated rings. The van der Waals surface area contributed by atoms with Gasteiger partial charge in [0, 0.05) is 50.7 Å². The molecule has 0 radical (unpaired) electrons. The van der Waals surface area contributed by atoms with Crippen LogP contribution in [0, 0.1) is 34.9 Å². The Kier molecular flexibility index (Phi) is 20.2. The van der Waals surface area contributed by atoms with Gasteiger partial charge in [-0.05, 0) is 68.6 Å². The molecule has 7 rings (SSSR count). The Morgan fingerprint density at radius 1 is 0.741 bits per heavy atom. The summed E-state index contributed by atoms with van der Waals surface area (Å²) in [6, 6.07) is 12.1. The monoisotopic (exact) mass is 1380 g/mol. The molecule has 4 saturated heterocycles. The van der Waals surface area contributed by atoms with Crippen molar-refractivity contribution in [1.29, 1.82) is 0 Å². The number of amides is 2. The number of nitrogens with zero attached hydrogens (tertiary/aromatic N) is 3. The number of nitrogens with one attached hydrogen (secondary N) is 1. The summed E-state index contributed by atoms with van der Waals surface area (Å²) in [5, 5.41) is 35.1. The summed E-state index contributed by atoms with van der Waals surface area (Å²) in [5.41, 5.74) is -2.40. The number of halogens is 11. The second-order valence-corrected chi connectivity index (χ2v) is 30.6. The van der Waals surface area contributed by atoms with Crippen molar-refractivity contribution in [2.75, 3.05) is 45.9 Å². The molecule has 0 saturated carbocycles. The number of hydrogen-bond donors (Lipinski definition) is 4. The number of piperidine rings is 2. The van der Waals surface area contributed by atoms with E-state index in [1.54, 1.807) is 0 Å². The largest absolute Gasteiger partial charge is 0.394 e. The van der Waals surface area contributed by atoms with E-state index in [1.807, 2.05) is 30.3 Å². The van der Waals surface area contributed by atoms with Gasteiger partial charge in [-0.2, -0.15) is 0 Å². The Morgan fingerprint density at radius 3 is 1.69 bits per heavy atom. The van der Waals surface area contributed by atoms with E-state index in [0.29, 0.717) is 32.3 Å². The van der Waals surface area contributed by atoms with Gasteiger partial charge in [-0.25, -0.2) is 26.3 Å². The molecule has 0 spiro atoms. The molecule has 4 aliphatic rings. The Balaban J connectivity index is 0.000000292. The van der Waals surface area contributed by atoms with Crippen molar-refractivity contribution in [3.8, 4) is 0 Å². The fourth-order valence-electron chi connectivity index (χ4n) is 7.96. The van der Waals surface area contributed by atoms with E-state index in [4.69, 9.17) is 0 Å². The summed E-state index contributed by atoms with van der Waals surface area (Å²) in [5.74, 6) is -10.6. The van der Waals surface area contributed by atoms with Gasteiger partial charge in [0.1, 0.15) is 11.2 Å². The third kappa shape index (κ3) is 11.8. The van der Waals surface area contributed by atoms with E-state index in [2.05, 4.69) is 84.7 Å². The molecule has 3 aromatic carbocycles. The number of rotatable bonds is 7. The minimum atomic E-state index is -1.69. The fraction of sp³-hybridized carbons (Fsp3) is 0.474. The summed E-state index contributed by atoms with van der Waals surface area (Å²) in [6.07, 6.45) is 5.40. The third-order valence-corrected chi connectivity index (χ3v) is 10.8. The number of hydrogen-bond acceptors (Lipinski definition) is 7. The van der Waals surface area contributed by atoms with Crippen LogP contribution in [0.3, 0.4) is 0 Å². The van der Waals surface area contributed by atoms with Crippen LogP contribution < -0.4 is 18.6 Å². The summed E-state index contributed by atoms with van der Waals surface area (Å²) in [6.45, 7) is 1.43. The van der Waals surface area contributed by atoms with Crippen molar-refractivity contribution in [2.45, 2.75) is 67.9 Å². The molecule has 4 N–H and O–H groups in total. The van der Waals surface area contributed by atoms with Crippen LogP contribution >= 0.6 is 74.5 Å². The molecule has 4 heterocycles. The van der Waals surface area contributed by atoms with E-state index in [9.17, 15) is 51.3 Å². The predicted octanol–water partition coefficient (Wildman–Crippen LogP) is 5.10. The Bertz CT molecular complexity index is 1850. The molecule has 0 aromatic heterocycles. The molecule has 0 aliphatic carbocycles. The first kappa shape index (κ1) is 50.3. The van der Waals surface area contributed by atoms with Crippen molar-refractivity contribution < 1.29 is 65.9 Å². The van der Waals surface area contributed by atoms with Gasteiger partial charge in [-0.1, -0.05) is 43.2 Å². The molecule has 20 heteroatoms. The number of carbonyl (C=O) groups excluding carboxylic acids is 2. The minimum absolute atomic E-state index is 0. The maximum Gasteiger partial charge on any atom is 0.257 e. The molecule has 9 nitrogen and oxygen atoms in total. The van der Waals surface area contributed by atoms with Crippen molar-refractivity contribution in [2.24, 2.45) is 0 Å². The Labute approximate surface area is 387 Å². The SMILES string of the molecule is II.I[I-]I.O=C(c1ccc(F)c(F)c1F)N1CC(O)([C@@H]2CCCCN2)C1.O=C(c1ccc(F)c(F)c1F)N1CC(O)([C@@H]2CCCCN2[C@H](CO)c2ccccc2)C1.[HH]. The van der Waals surface area contributed by atoms with Gasteiger partial charge in [0.15, 0.2) is 34.9 Å². The van der Waals surface area contributed by atoms with Gasteiger partial charge in [0.2, 0.25) is 0 Å². The molecule has 4 aliphatic heterocycles. The number of aliphatic hydroxyl groups is 3. The normalized spacial score (nSPS) is 21.4. The molecular weight excluding hydrogens is 1340 g/mol. The Morgan fingerprint density at radius 2 is 1.22 bits per heavy atom. The number of carbonyl (C=O) groups is 2. The third-order valence-electron chi connectivity index (χ3n) is 10.8. The van der Waals surface area contributed by atoms with Crippen LogP contribution in [-0.2, 0) is 0 Å². The number of β-amino-alcohol motifs (C(OH)–C–C–N with tert-alkyl or cyclic N) is 2. The van der Waals surface area contributed by atoms with Crippen LogP contribution in [0.1, 0.15) is 72.3 Å². The smallest absolute Gasteiger partial charge is 0.257 e. The second-order valence-electron chi connectivity index (χ2n) is 14.4. The summed E-state index contributed by atoms with van der Waals surface area (Å²) in [4.78, 5) is 29.3. The maximum absolute atomic E-state index is 14.0. The summed E-state index contributed by atoms with van der Waals surface area (Å²) < 4.78 is 80.5. The second kappa shape index (κ2) is 23.4. The molecule has 0 bridgehead atoms. The van der Waals surface area contributed by atoms with E-state index in [0.717, 1.165) is 62.4 Å². The van der Waals surface area contributed by atoms with Crippen molar-refractivity contribution in [3.63, 3.8) is 0 Å². The van der Waals surface area contributed by atoms with Gasteiger partial charge in [0.25, 0.3) is 11.8 Å². The van der Waals surface area contributed by atoms with Crippen LogP contribution in [0.4, 0.5) is 26.3 Å². The summed E-state index contributed by atoms with van der Waals surface area (Å²) in [7, 11) is 0. The fourth-order valence-corrected chi connectivity index (χ4v) is 7.96. The van der Waals surface area contributed by atoms with Crippen molar-refractivity contribution in [3.05, 3.63) is 106 Å². The molecule has 58 heavy (non-hydrogen) atoms. The average molecular weight is 1390 g/mol. The zero-order valence-corrected chi connectivity index (χ0v) is 41.6. The van der Waals surface area contributed by atoms with E-state index in [-0.39, 0.29) is 52.3 Å². The van der Waals surface area contributed by atoms with Gasteiger partial charge in [-0.15, -0.1) is 0 Å². The van der Waals surface area contributed by atoms with Gasteiger partial charge in [-0.3, -0.25) is 14.5 Å². The zero-order valence-electron chi connectivity index (χ0n) is 30.8. The number of likely N-dealkylation sites (tertiary alicyclic amines) is 3. The molecular formula is C38H44F6I5N4O5-. The quantitative estimate of drug-likeness (QED) is 0.148. The summed E-state index contributed by atoms with van der Waals surface area (Å²) >= 11 is 9.54. The predicted molar refractivity (Wildman–Crippen MR) is 239 cm³/mol. The van der Waals surface area contributed by atoms with Crippen LogP contribution in [0.15, 0.2) is 54.6 Å². The van der Waals surface area contributed by atoms with Gasteiger partial charge in [0.05, 0.1) is 50.0 Å². The Hall–Kier alpha value is -0.370. The molecule has 3 atom stereocenters.